The van der Waals surface area contributed by atoms with Crippen molar-refractivity contribution in [2.75, 3.05) is 5.32 Å². The number of nitrogens with one attached hydrogen (secondary N) is 1. The summed E-state index contributed by atoms with van der Waals surface area (Å²) in [6, 6.07) is 10.7. The van der Waals surface area contributed by atoms with Gasteiger partial charge >= 0.3 is 0 Å². The zero-order valence-corrected chi connectivity index (χ0v) is 15.0. The molecule has 0 aliphatic heterocycles. The van der Waals surface area contributed by atoms with Crippen molar-refractivity contribution in [3.63, 3.8) is 0 Å². The highest BCUT2D eigenvalue weighted by molar-refractivity contribution is 7.18. The third-order valence-corrected chi connectivity index (χ3v) is 5.14. The Labute approximate surface area is 145 Å². The Morgan fingerprint density at radius 1 is 1.13 bits per heavy atom. The van der Waals surface area contributed by atoms with Gasteiger partial charge in [0, 0.05) is 10.6 Å². The van der Waals surface area contributed by atoms with Crippen molar-refractivity contribution in [1.82, 2.24) is 9.97 Å². The number of thiophene rings is 1. The minimum absolute atomic E-state index is 0.282. The number of halogens is 1. The summed E-state index contributed by atoms with van der Waals surface area (Å²) >= 11 is 7.74. The zero-order chi connectivity index (χ0) is 16.2. The molecule has 0 unspecified atom stereocenters. The number of aryl methyl sites for hydroxylation is 2. The first-order valence-corrected chi connectivity index (χ1v) is 9.21. The molecular formula is C18H20ClN3S. The van der Waals surface area contributed by atoms with Crippen LogP contribution in [-0.4, -0.2) is 9.97 Å². The molecule has 0 radical (unpaired) electrons. The summed E-state index contributed by atoms with van der Waals surface area (Å²) in [5.41, 5.74) is 2.39. The Kier molecular flexibility index (Phi) is 5.13. The van der Waals surface area contributed by atoms with E-state index in [1.165, 1.54) is 23.3 Å². The van der Waals surface area contributed by atoms with Gasteiger partial charge < -0.3 is 5.32 Å². The first kappa shape index (κ1) is 16.2. The fraction of sp³-hybridized carbons (Fsp3) is 0.333. The summed E-state index contributed by atoms with van der Waals surface area (Å²) in [5, 5.41) is 4.69. The van der Waals surface area contributed by atoms with Gasteiger partial charge in [0.25, 0.3) is 0 Å². The topological polar surface area (TPSA) is 37.8 Å². The van der Waals surface area contributed by atoms with Gasteiger partial charge in [0.05, 0.1) is 5.39 Å². The standard InChI is InChI=1S/C18H20ClN3S/c1-3-5-6-12-7-9-13(10-8-12)20-16-15-11-14(4-2)23-17(15)22-18(19)21-16/h7-11H,3-6H2,1-2H3,(H,20,21,22). The Bertz CT molecular complexity index is 796. The molecule has 120 valence electrons. The predicted octanol–water partition coefficient (Wildman–Crippen LogP) is 5.99. The summed E-state index contributed by atoms with van der Waals surface area (Å²) in [5.74, 6) is 0.775. The van der Waals surface area contributed by atoms with E-state index in [-0.39, 0.29) is 5.28 Å². The molecule has 3 rings (SSSR count). The molecule has 0 spiro atoms. The molecule has 0 saturated carbocycles. The van der Waals surface area contributed by atoms with Crippen LogP contribution in [0.25, 0.3) is 10.2 Å². The fourth-order valence-electron chi connectivity index (χ4n) is 2.49. The Morgan fingerprint density at radius 3 is 2.61 bits per heavy atom. The van der Waals surface area contributed by atoms with Crippen LogP contribution in [0.3, 0.4) is 0 Å². The van der Waals surface area contributed by atoms with Gasteiger partial charge in [0.15, 0.2) is 0 Å². The minimum atomic E-state index is 0.282. The van der Waals surface area contributed by atoms with E-state index in [4.69, 9.17) is 11.6 Å². The van der Waals surface area contributed by atoms with Crippen molar-refractivity contribution in [2.45, 2.75) is 39.5 Å². The monoisotopic (exact) mass is 345 g/mol. The Morgan fingerprint density at radius 2 is 1.91 bits per heavy atom. The van der Waals surface area contributed by atoms with E-state index in [9.17, 15) is 0 Å². The summed E-state index contributed by atoms with van der Waals surface area (Å²) < 4.78 is 0. The van der Waals surface area contributed by atoms with E-state index in [1.54, 1.807) is 11.3 Å². The van der Waals surface area contributed by atoms with Crippen LogP contribution in [0.1, 0.15) is 37.1 Å². The maximum Gasteiger partial charge on any atom is 0.225 e. The molecule has 2 aromatic heterocycles. The summed E-state index contributed by atoms with van der Waals surface area (Å²) in [6.07, 6.45) is 4.56. The van der Waals surface area contributed by atoms with Crippen LogP contribution in [0.4, 0.5) is 11.5 Å². The number of rotatable bonds is 6. The van der Waals surface area contributed by atoms with Gasteiger partial charge in [-0.25, -0.2) is 4.98 Å². The van der Waals surface area contributed by atoms with E-state index >= 15 is 0 Å². The summed E-state index contributed by atoms with van der Waals surface area (Å²) in [6.45, 7) is 4.35. The molecule has 3 aromatic rings. The van der Waals surface area contributed by atoms with Gasteiger partial charge in [-0.2, -0.15) is 4.98 Å². The predicted molar refractivity (Wildman–Crippen MR) is 100 cm³/mol. The van der Waals surface area contributed by atoms with E-state index in [0.717, 1.165) is 34.6 Å². The van der Waals surface area contributed by atoms with Crippen LogP contribution in [0.5, 0.6) is 0 Å². The molecule has 5 heteroatoms. The lowest BCUT2D eigenvalue weighted by atomic mass is 10.1. The van der Waals surface area contributed by atoms with E-state index in [0.29, 0.717) is 0 Å². The highest BCUT2D eigenvalue weighted by Crippen LogP contribution is 2.32. The minimum Gasteiger partial charge on any atom is -0.340 e. The summed E-state index contributed by atoms with van der Waals surface area (Å²) in [4.78, 5) is 10.9. The van der Waals surface area contributed by atoms with Crippen molar-refractivity contribution in [2.24, 2.45) is 0 Å². The molecule has 0 amide bonds. The molecule has 0 fully saturated rings. The number of aromatic nitrogens is 2. The van der Waals surface area contributed by atoms with E-state index in [2.05, 4.69) is 59.5 Å². The molecule has 0 bridgehead atoms. The van der Waals surface area contributed by atoms with Crippen LogP contribution < -0.4 is 5.32 Å². The average Bonchev–Trinajstić information content (AvgIpc) is 2.97. The largest absolute Gasteiger partial charge is 0.340 e. The van der Waals surface area contributed by atoms with Gasteiger partial charge in [0.1, 0.15) is 10.6 Å². The highest BCUT2D eigenvalue weighted by atomic mass is 35.5. The number of anilines is 2. The molecule has 0 atom stereocenters. The average molecular weight is 346 g/mol. The van der Waals surface area contributed by atoms with Crippen molar-refractivity contribution >= 4 is 44.7 Å². The number of fused-ring (bicyclic) bond motifs is 1. The lowest BCUT2D eigenvalue weighted by Crippen LogP contribution is -1.96. The third-order valence-electron chi connectivity index (χ3n) is 3.80. The molecule has 0 aliphatic rings. The van der Waals surface area contributed by atoms with Crippen molar-refractivity contribution in [3.8, 4) is 0 Å². The number of hydrogen-bond acceptors (Lipinski definition) is 4. The van der Waals surface area contributed by atoms with Gasteiger partial charge in [0.2, 0.25) is 5.28 Å². The molecule has 1 aromatic carbocycles. The lowest BCUT2D eigenvalue weighted by molar-refractivity contribution is 0.795. The molecule has 23 heavy (non-hydrogen) atoms. The van der Waals surface area contributed by atoms with E-state index < -0.39 is 0 Å². The van der Waals surface area contributed by atoms with Gasteiger partial charge in [-0.15, -0.1) is 11.3 Å². The molecular weight excluding hydrogens is 326 g/mol. The van der Waals surface area contributed by atoms with Crippen LogP contribution >= 0.6 is 22.9 Å². The maximum absolute atomic E-state index is 6.07. The van der Waals surface area contributed by atoms with Gasteiger partial charge in [-0.3, -0.25) is 0 Å². The van der Waals surface area contributed by atoms with Crippen LogP contribution in [0.2, 0.25) is 5.28 Å². The normalized spacial score (nSPS) is 11.1. The first-order valence-electron chi connectivity index (χ1n) is 8.01. The van der Waals surface area contributed by atoms with Crippen molar-refractivity contribution in [3.05, 3.63) is 46.1 Å². The quantitative estimate of drug-likeness (QED) is 0.557. The second-order valence-corrected chi connectivity index (χ2v) is 7.01. The molecule has 0 saturated heterocycles. The molecule has 3 nitrogen and oxygen atoms in total. The number of benzene rings is 1. The number of hydrogen-bond donors (Lipinski definition) is 1. The third kappa shape index (κ3) is 3.82. The maximum atomic E-state index is 6.07. The second-order valence-electron chi connectivity index (χ2n) is 5.55. The van der Waals surface area contributed by atoms with Crippen LogP contribution in [-0.2, 0) is 12.8 Å². The van der Waals surface area contributed by atoms with Gasteiger partial charge in [-0.1, -0.05) is 32.4 Å². The van der Waals surface area contributed by atoms with Crippen molar-refractivity contribution in [1.29, 1.82) is 0 Å². The highest BCUT2D eigenvalue weighted by Gasteiger charge is 2.11. The van der Waals surface area contributed by atoms with E-state index in [1.807, 2.05) is 0 Å². The lowest BCUT2D eigenvalue weighted by Gasteiger charge is -2.08. The first-order chi connectivity index (χ1) is 11.2. The molecule has 1 N–H and O–H groups in total. The Hall–Kier alpha value is -1.65. The fourth-order valence-corrected chi connectivity index (χ4v) is 3.67. The van der Waals surface area contributed by atoms with Gasteiger partial charge in [-0.05, 0) is 54.6 Å². The van der Waals surface area contributed by atoms with Crippen LogP contribution in [0.15, 0.2) is 30.3 Å². The molecule has 0 aliphatic carbocycles. The van der Waals surface area contributed by atoms with Crippen LogP contribution in [0, 0.1) is 0 Å². The SMILES string of the molecule is CCCCc1ccc(Nc2nc(Cl)nc3sc(CC)cc23)cc1. The number of nitrogens with zero attached hydrogens (tertiary/aromatic N) is 2. The Balaban J connectivity index is 1.87. The summed E-state index contributed by atoms with van der Waals surface area (Å²) in [7, 11) is 0. The second kappa shape index (κ2) is 7.28. The van der Waals surface area contributed by atoms with Crippen molar-refractivity contribution < 1.29 is 0 Å². The number of unbranched alkanes of at least 4 members (excludes halogenated alkanes) is 1. The molecule has 2 heterocycles. The smallest absolute Gasteiger partial charge is 0.225 e. The zero-order valence-electron chi connectivity index (χ0n) is 13.4.